The molecule has 2 unspecified atom stereocenters. The second-order valence-electron chi connectivity index (χ2n) is 5.13. The summed E-state index contributed by atoms with van der Waals surface area (Å²) in [5.41, 5.74) is 7.26. The number of piperidine rings is 1. The first kappa shape index (κ1) is 16.6. The van der Waals surface area contributed by atoms with Crippen LogP contribution in [0.4, 0.5) is 0 Å². The van der Waals surface area contributed by atoms with Crippen LogP contribution in [0, 0.1) is 5.92 Å². The maximum atomic E-state index is 6.14. The summed E-state index contributed by atoms with van der Waals surface area (Å²) in [6, 6.07) is 6.33. The van der Waals surface area contributed by atoms with Crippen molar-refractivity contribution in [2.75, 3.05) is 20.2 Å². The molecule has 1 saturated heterocycles. The second-order valence-corrected chi connectivity index (χ2v) is 5.54. The molecule has 5 heteroatoms. The third kappa shape index (κ3) is 4.25. The average Bonchev–Trinajstić information content (AvgIpc) is 2.34. The van der Waals surface area contributed by atoms with E-state index in [1.165, 1.54) is 5.56 Å². The number of nitrogens with zero attached hydrogens (tertiary/aromatic N) is 1. The Balaban J connectivity index is 0.00000180. The smallest absolute Gasteiger partial charge is 0.137 e. The summed E-state index contributed by atoms with van der Waals surface area (Å²) in [7, 11) is 1.63. The van der Waals surface area contributed by atoms with Gasteiger partial charge in [0.25, 0.3) is 0 Å². The second kappa shape index (κ2) is 7.34. The fourth-order valence-corrected chi connectivity index (χ4v) is 2.74. The zero-order valence-corrected chi connectivity index (χ0v) is 13.0. The Hall–Kier alpha value is -0.480. The van der Waals surface area contributed by atoms with Gasteiger partial charge >= 0.3 is 0 Å². The van der Waals surface area contributed by atoms with E-state index in [4.69, 9.17) is 22.1 Å². The molecule has 2 atom stereocenters. The Morgan fingerprint density at radius 1 is 1.47 bits per heavy atom. The van der Waals surface area contributed by atoms with E-state index >= 15 is 0 Å². The molecule has 1 aliphatic heterocycles. The number of hydrogen-bond acceptors (Lipinski definition) is 3. The van der Waals surface area contributed by atoms with Crippen molar-refractivity contribution in [1.29, 1.82) is 0 Å². The largest absolute Gasteiger partial charge is 0.495 e. The minimum absolute atomic E-state index is 0. The number of nitrogens with two attached hydrogens (primary N) is 1. The van der Waals surface area contributed by atoms with Crippen molar-refractivity contribution in [3.63, 3.8) is 0 Å². The van der Waals surface area contributed by atoms with Crippen LogP contribution in [0.3, 0.4) is 0 Å². The third-order valence-corrected chi connectivity index (χ3v) is 3.97. The van der Waals surface area contributed by atoms with Gasteiger partial charge in [-0.05, 0) is 36.6 Å². The van der Waals surface area contributed by atoms with E-state index in [0.717, 1.165) is 31.8 Å². The average molecular weight is 305 g/mol. The Kier molecular flexibility index (Phi) is 6.40. The number of halogens is 2. The van der Waals surface area contributed by atoms with Crippen LogP contribution in [0.25, 0.3) is 0 Å². The van der Waals surface area contributed by atoms with Gasteiger partial charge < -0.3 is 10.5 Å². The van der Waals surface area contributed by atoms with Gasteiger partial charge in [0.1, 0.15) is 5.75 Å². The Bertz CT molecular complexity index is 414. The molecule has 1 aromatic carbocycles. The summed E-state index contributed by atoms with van der Waals surface area (Å²) in [6.07, 6.45) is 1.07. The zero-order valence-electron chi connectivity index (χ0n) is 11.4. The lowest BCUT2D eigenvalue weighted by Gasteiger charge is -2.35. The van der Waals surface area contributed by atoms with Gasteiger partial charge in [0, 0.05) is 19.1 Å². The molecule has 0 bridgehead atoms. The summed E-state index contributed by atoms with van der Waals surface area (Å²) in [4.78, 5) is 2.44. The van der Waals surface area contributed by atoms with Gasteiger partial charge in [-0.25, -0.2) is 0 Å². The molecule has 0 aromatic heterocycles. The van der Waals surface area contributed by atoms with Gasteiger partial charge in [-0.2, -0.15) is 0 Å². The summed E-state index contributed by atoms with van der Waals surface area (Å²) >= 11 is 6.14. The molecule has 0 saturated carbocycles. The van der Waals surface area contributed by atoms with Gasteiger partial charge in [0.2, 0.25) is 0 Å². The van der Waals surface area contributed by atoms with Gasteiger partial charge in [0.05, 0.1) is 12.1 Å². The summed E-state index contributed by atoms with van der Waals surface area (Å²) in [5.74, 6) is 1.29. The van der Waals surface area contributed by atoms with Crippen molar-refractivity contribution in [1.82, 2.24) is 4.90 Å². The van der Waals surface area contributed by atoms with Crippen molar-refractivity contribution in [2.24, 2.45) is 11.7 Å². The van der Waals surface area contributed by atoms with Crippen LogP contribution in [-0.2, 0) is 6.54 Å². The summed E-state index contributed by atoms with van der Waals surface area (Å²) < 4.78 is 5.16. The van der Waals surface area contributed by atoms with E-state index in [2.05, 4.69) is 17.9 Å². The Morgan fingerprint density at radius 2 is 2.21 bits per heavy atom. The third-order valence-electron chi connectivity index (χ3n) is 3.68. The number of rotatable bonds is 3. The first-order chi connectivity index (χ1) is 8.60. The minimum Gasteiger partial charge on any atom is -0.495 e. The highest BCUT2D eigenvalue weighted by Gasteiger charge is 2.22. The number of hydrogen-bond donors (Lipinski definition) is 1. The standard InChI is InChI=1S/C14H21ClN2O.ClH/c1-10-8-17(6-5-13(10)16)9-11-3-4-14(18-2)12(15)7-11;/h3-4,7,10,13H,5-6,8-9,16H2,1-2H3;1H. The number of benzene rings is 1. The van der Waals surface area contributed by atoms with Crippen molar-refractivity contribution in [3.8, 4) is 5.75 Å². The minimum atomic E-state index is 0. The van der Waals surface area contributed by atoms with Gasteiger partial charge in [-0.3, -0.25) is 4.90 Å². The van der Waals surface area contributed by atoms with Crippen LogP contribution in [0.15, 0.2) is 18.2 Å². The number of methoxy groups -OCH3 is 1. The molecule has 108 valence electrons. The first-order valence-corrected chi connectivity index (χ1v) is 6.78. The molecule has 1 heterocycles. The lowest BCUT2D eigenvalue weighted by Crippen LogP contribution is -2.45. The van der Waals surface area contributed by atoms with Crippen LogP contribution < -0.4 is 10.5 Å². The SMILES string of the molecule is COc1ccc(CN2CCC(N)C(C)C2)cc1Cl.Cl. The van der Waals surface area contributed by atoms with Crippen LogP contribution in [0.5, 0.6) is 5.75 Å². The molecule has 3 nitrogen and oxygen atoms in total. The Morgan fingerprint density at radius 3 is 2.79 bits per heavy atom. The monoisotopic (exact) mass is 304 g/mol. The van der Waals surface area contributed by atoms with Crippen molar-refractivity contribution < 1.29 is 4.74 Å². The van der Waals surface area contributed by atoms with Crippen LogP contribution >= 0.6 is 24.0 Å². The molecule has 0 aliphatic carbocycles. The highest BCUT2D eigenvalue weighted by atomic mass is 35.5. The molecule has 1 fully saturated rings. The lowest BCUT2D eigenvalue weighted by atomic mass is 9.94. The molecule has 0 radical (unpaired) electrons. The predicted molar refractivity (Wildman–Crippen MR) is 82.3 cm³/mol. The number of likely N-dealkylation sites (tertiary alicyclic amines) is 1. The fraction of sp³-hybridized carbons (Fsp3) is 0.571. The van der Waals surface area contributed by atoms with Gasteiger partial charge in [-0.15, -0.1) is 12.4 Å². The topological polar surface area (TPSA) is 38.5 Å². The van der Waals surface area contributed by atoms with Crippen LogP contribution in [0.2, 0.25) is 5.02 Å². The van der Waals surface area contributed by atoms with Gasteiger partial charge in [0.15, 0.2) is 0 Å². The quantitative estimate of drug-likeness (QED) is 0.933. The molecule has 0 spiro atoms. The summed E-state index contributed by atoms with van der Waals surface area (Å²) in [6.45, 7) is 5.28. The molecule has 1 aromatic rings. The molecule has 0 amide bonds. The highest BCUT2D eigenvalue weighted by Crippen LogP contribution is 2.26. The normalized spacial score (nSPS) is 23.8. The zero-order chi connectivity index (χ0) is 13.1. The van der Waals surface area contributed by atoms with Crippen molar-refractivity contribution in [3.05, 3.63) is 28.8 Å². The van der Waals surface area contributed by atoms with Crippen molar-refractivity contribution >= 4 is 24.0 Å². The lowest BCUT2D eigenvalue weighted by molar-refractivity contribution is 0.158. The van der Waals surface area contributed by atoms with Crippen LogP contribution in [-0.4, -0.2) is 31.1 Å². The van der Waals surface area contributed by atoms with E-state index in [9.17, 15) is 0 Å². The number of ether oxygens (including phenoxy) is 1. The van der Waals surface area contributed by atoms with Gasteiger partial charge in [-0.1, -0.05) is 24.6 Å². The molecule has 1 aliphatic rings. The maximum Gasteiger partial charge on any atom is 0.137 e. The summed E-state index contributed by atoms with van der Waals surface area (Å²) in [5, 5.41) is 0.678. The molecule has 2 rings (SSSR count). The van der Waals surface area contributed by atoms with E-state index < -0.39 is 0 Å². The maximum absolute atomic E-state index is 6.14. The predicted octanol–water partition coefficient (Wildman–Crippen LogP) is 2.94. The van der Waals surface area contributed by atoms with E-state index in [0.29, 0.717) is 17.0 Å². The molecule has 19 heavy (non-hydrogen) atoms. The van der Waals surface area contributed by atoms with Crippen molar-refractivity contribution in [2.45, 2.75) is 25.9 Å². The van der Waals surface area contributed by atoms with E-state index in [-0.39, 0.29) is 12.4 Å². The first-order valence-electron chi connectivity index (χ1n) is 6.40. The fourth-order valence-electron chi connectivity index (χ4n) is 2.46. The molecular weight excluding hydrogens is 283 g/mol. The van der Waals surface area contributed by atoms with E-state index in [1.54, 1.807) is 7.11 Å². The van der Waals surface area contributed by atoms with Crippen LogP contribution in [0.1, 0.15) is 18.9 Å². The molecule has 2 N–H and O–H groups in total. The highest BCUT2D eigenvalue weighted by molar-refractivity contribution is 6.32. The molecular formula is C14H22Cl2N2O. The Labute approximate surface area is 126 Å². The van der Waals surface area contributed by atoms with E-state index in [1.807, 2.05) is 12.1 Å².